The molecule has 3 amide bonds. The first-order valence-corrected chi connectivity index (χ1v) is 8.84. The minimum atomic E-state index is -0.401. The summed E-state index contributed by atoms with van der Waals surface area (Å²) in [6.45, 7) is 7.68. The van der Waals surface area contributed by atoms with E-state index in [1.165, 1.54) is 0 Å². The van der Waals surface area contributed by atoms with Crippen LogP contribution in [0.2, 0.25) is 0 Å². The van der Waals surface area contributed by atoms with Crippen LogP contribution in [0.5, 0.6) is 0 Å². The minimum Gasteiger partial charge on any atom is -0.326 e. The second-order valence-electron chi connectivity index (χ2n) is 6.51. The molecule has 0 aliphatic heterocycles. The van der Waals surface area contributed by atoms with Crippen molar-refractivity contribution >= 4 is 40.7 Å². The standard InChI is InChI=1S/C18H26N4O3S/c1-11(2)9-17(25)20-18(26)22-21-16(24)8-7-15(23)19-14-10-12(3)5-6-13(14)4/h5-6,10-11H,7-9H2,1-4H3,(H,19,23)(H,21,24)(H2,20,22,25,26). The van der Waals surface area contributed by atoms with Gasteiger partial charge in [-0.2, -0.15) is 0 Å². The van der Waals surface area contributed by atoms with Crippen LogP contribution in [0.4, 0.5) is 5.69 Å². The molecule has 0 radical (unpaired) electrons. The number of hydrogen-bond acceptors (Lipinski definition) is 4. The highest BCUT2D eigenvalue weighted by Gasteiger charge is 2.10. The lowest BCUT2D eigenvalue weighted by Crippen LogP contribution is -2.48. The van der Waals surface area contributed by atoms with E-state index in [9.17, 15) is 14.4 Å². The summed E-state index contributed by atoms with van der Waals surface area (Å²) in [7, 11) is 0. The molecule has 0 aromatic heterocycles. The van der Waals surface area contributed by atoms with Crippen LogP contribution in [0.25, 0.3) is 0 Å². The zero-order valence-corrected chi connectivity index (χ0v) is 16.4. The molecule has 142 valence electrons. The van der Waals surface area contributed by atoms with Gasteiger partial charge in [0.2, 0.25) is 17.7 Å². The third-order valence-corrected chi connectivity index (χ3v) is 3.61. The predicted octanol–water partition coefficient (Wildman–Crippen LogP) is 2.09. The molecule has 0 bridgehead atoms. The molecule has 1 aromatic rings. The Bertz CT molecular complexity index is 689. The number of benzene rings is 1. The third-order valence-electron chi connectivity index (χ3n) is 3.41. The third kappa shape index (κ3) is 8.57. The van der Waals surface area contributed by atoms with E-state index in [-0.39, 0.29) is 35.7 Å². The van der Waals surface area contributed by atoms with Gasteiger partial charge in [0.1, 0.15) is 0 Å². The van der Waals surface area contributed by atoms with Crippen molar-refractivity contribution in [1.82, 2.24) is 16.2 Å². The largest absolute Gasteiger partial charge is 0.326 e. The Labute approximate surface area is 159 Å². The molecule has 7 nitrogen and oxygen atoms in total. The van der Waals surface area contributed by atoms with Gasteiger partial charge in [-0.15, -0.1) is 0 Å². The van der Waals surface area contributed by atoms with E-state index < -0.39 is 5.91 Å². The van der Waals surface area contributed by atoms with Crippen molar-refractivity contribution in [2.45, 2.75) is 47.0 Å². The summed E-state index contributed by atoms with van der Waals surface area (Å²) in [6.07, 6.45) is 0.369. The lowest BCUT2D eigenvalue weighted by Gasteiger charge is -2.12. The number of anilines is 1. The average molecular weight is 378 g/mol. The second kappa shape index (κ2) is 10.5. The lowest BCUT2D eigenvalue weighted by molar-refractivity contribution is -0.124. The summed E-state index contributed by atoms with van der Waals surface area (Å²) >= 11 is 4.91. The Morgan fingerprint density at radius 3 is 2.31 bits per heavy atom. The molecule has 0 atom stereocenters. The quantitative estimate of drug-likeness (QED) is 0.449. The molecule has 0 fully saturated rings. The minimum absolute atomic E-state index is 0.00769. The van der Waals surface area contributed by atoms with Crippen molar-refractivity contribution < 1.29 is 14.4 Å². The van der Waals surface area contributed by atoms with Gasteiger partial charge < -0.3 is 10.6 Å². The summed E-state index contributed by atoms with van der Waals surface area (Å²) in [5.74, 6) is -0.661. The zero-order valence-electron chi connectivity index (χ0n) is 15.6. The fourth-order valence-electron chi connectivity index (χ4n) is 2.08. The summed E-state index contributed by atoms with van der Waals surface area (Å²) in [4.78, 5) is 35.3. The van der Waals surface area contributed by atoms with E-state index in [1.807, 2.05) is 45.9 Å². The number of carbonyl (C=O) groups excluding carboxylic acids is 3. The second-order valence-corrected chi connectivity index (χ2v) is 6.92. The molecule has 26 heavy (non-hydrogen) atoms. The lowest BCUT2D eigenvalue weighted by atomic mass is 10.1. The van der Waals surface area contributed by atoms with E-state index in [1.54, 1.807) is 0 Å². The molecule has 0 spiro atoms. The Morgan fingerprint density at radius 1 is 1.00 bits per heavy atom. The van der Waals surface area contributed by atoms with E-state index >= 15 is 0 Å². The van der Waals surface area contributed by atoms with Crippen molar-refractivity contribution in [3.63, 3.8) is 0 Å². The van der Waals surface area contributed by atoms with Gasteiger partial charge in [-0.3, -0.25) is 25.2 Å². The average Bonchev–Trinajstić information content (AvgIpc) is 2.53. The van der Waals surface area contributed by atoms with Crippen LogP contribution >= 0.6 is 12.2 Å². The van der Waals surface area contributed by atoms with Crippen LogP contribution in [0, 0.1) is 19.8 Å². The van der Waals surface area contributed by atoms with Gasteiger partial charge in [-0.25, -0.2) is 0 Å². The molecular weight excluding hydrogens is 352 g/mol. The van der Waals surface area contributed by atoms with Gasteiger partial charge >= 0.3 is 0 Å². The van der Waals surface area contributed by atoms with Crippen molar-refractivity contribution in [2.75, 3.05) is 5.32 Å². The highest BCUT2D eigenvalue weighted by Crippen LogP contribution is 2.16. The number of amides is 3. The number of hydrazine groups is 1. The first-order chi connectivity index (χ1) is 12.2. The van der Waals surface area contributed by atoms with Gasteiger partial charge in [0.05, 0.1) is 0 Å². The molecule has 0 aliphatic carbocycles. The van der Waals surface area contributed by atoms with Gasteiger partial charge in [-0.1, -0.05) is 26.0 Å². The molecule has 8 heteroatoms. The first-order valence-electron chi connectivity index (χ1n) is 8.43. The van der Waals surface area contributed by atoms with Crippen molar-refractivity contribution in [3.8, 4) is 0 Å². The van der Waals surface area contributed by atoms with Crippen LogP contribution in [0.1, 0.15) is 44.2 Å². The SMILES string of the molecule is Cc1ccc(C)c(NC(=O)CCC(=O)NNC(=S)NC(=O)CC(C)C)c1. The number of thiocarbonyl (C=S) groups is 1. The molecule has 4 N–H and O–H groups in total. The molecule has 0 unspecified atom stereocenters. The van der Waals surface area contributed by atoms with Gasteiger partial charge in [0.15, 0.2) is 5.11 Å². The molecule has 1 aromatic carbocycles. The van der Waals surface area contributed by atoms with E-state index in [4.69, 9.17) is 12.2 Å². The van der Waals surface area contributed by atoms with Gasteiger partial charge in [-0.05, 0) is 49.2 Å². The fourth-order valence-corrected chi connectivity index (χ4v) is 2.24. The smallest absolute Gasteiger partial charge is 0.238 e. The molecule has 1 rings (SSSR count). The summed E-state index contributed by atoms with van der Waals surface area (Å²) < 4.78 is 0. The fraction of sp³-hybridized carbons (Fsp3) is 0.444. The number of nitrogens with one attached hydrogen (secondary N) is 4. The first kappa shape index (κ1) is 21.6. The Morgan fingerprint density at radius 2 is 1.65 bits per heavy atom. The number of rotatable bonds is 6. The molecule has 0 saturated heterocycles. The maximum Gasteiger partial charge on any atom is 0.238 e. The highest BCUT2D eigenvalue weighted by molar-refractivity contribution is 7.80. The molecule has 0 saturated carbocycles. The number of hydrogen-bond donors (Lipinski definition) is 4. The summed E-state index contributed by atoms with van der Waals surface area (Å²) in [5.41, 5.74) is 7.54. The van der Waals surface area contributed by atoms with Gasteiger partial charge in [0.25, 0.3) is 0 Å². The van der Waals surface area contributed by atoms with Gasteiger partial charge in [0, 0.05) is 24.9 Å². The molecule has 0 aliphatic rings. The summed E-state index contributed by atoms with van der Waals surface area (Å²) in [6, 6.07) is 5.77. The Kier molecular flexibility index (Phi) is 8.71. The van der Waals surface area contributed by atoms with Crippen molar-refractivity contribution in [2.24, 2.45) is 5.92 Å². The Hall–Kier alpha value is -2.48. The normalized spacial score (nSPS) is 10.2. The van der Waals surface area contributed by atoms with Crippen LogP contribution < -0.4 is 21.5 Å². The van der Waals surface area contributed by atoms with Crippen LogP contribution in [-0.4, -0.2) is 22.8 Å². The number of aryl methyl sites for hydroxylation is 2. The maximum absolute atomic E-state index is 12.0. The molecule has 0 heterocycles. The van der Waals surface area contributed by atoms with E-state index in [0.29, 0.717) is 6.42 Å². The topological polar surface area (TPSA) is 99.3 Å². The van der Waals surface area contributed by atoms with E-state index in [2.05, 4.69) is 21.5 Å². The summed E-state index contributed by atoms with van der Waals surface area (Å²) in [5, 5.41) is 5.27. The number of carbonyl (C=O) groups is 3. The highest BCUT2D eigenvalue weighted by atomic mass is 32.1. The van der Waals surface area contributed by atoms with Crippen LogP contribution in [0.3, 0.4) is 0 Å². The zero-order chi connectivity index (χ0) is 19.7. The van der Waals surface area contributed by atoms with Crippen LogP contribution in [-0.2, 0) is 14.4 Å². The van der Waals surface area contributed by atoms with E-state index in [0.717, 1.165) is 16.8 Å². The van der Waals surface area contributed by atoms with Crippen molar-refractivity contribution in [3.05, 3.63) is 29.3 Å². The monoisotopic (exact) mass is 378 g/mol. The molecular formula is C18H26N4O3S. The predicted molar refractivity (Wildman–Crippen MR) is 105 cm³/mol. The Balaban J connectivity index is 2.31. The van der Waals surface area contributed by atoms with Crippen LogP contribution in [0.15, 0.2) is 18.2 Å². The maximum atomic E-state index is 12.0. The van der Waals surface area contributed by atoms with Crippen molar-refractivity contribution in [1.29, 1.82) is 0 Å².